The average molecular weight is 266 g/mol. The van der Waals surface area contributed by atoms with Gasteiger partial charge in [-0.15, -0.1) is 10.2 Å². The van der Waals surface area contributed by atoms with Crippen molar-refractivity contribution in [2.75, 3.05) is 5.73 Å². The van der Waals surface area contributed by atoms with Gasteiger partial charge in [0.2, 0.25) is 4.96 Å². The fourth-order valence-electron chi connectivity index (χ4n) is 2.24. The summed E-state index contributed by atoms with van der Waals surface area (Å²) in [6.45, 7) is 0. The smallest absolute Gasteiger partial charge is 0.217 e. The standard InChI is InChI=1S/C14H10N4S/c15-10-5-3-4-9(8-10)13-16-17-14-18(13)11-6-1-2-7-12(11)19-14/h1-8H,15H2. The molecule has 0 saturated carbocycles. The van der Waals surface area contributed by atoms with Gasteiger partial charge in [0, 0.05) is 11.3 Å². The van der Waals surface area contributed by atoms with E-state index in [1.54, 1.807) is 11.3 Å². The lowest BCUT2D eigenvalue weighted by molar-refractivity contribution is 1.12. The Labute approximate surface area is 113 Å². The third-order valence-corrected chi connectivity index (χ3v) is 4.10. The zero-order chi connectivity index (χ0) is 12.8. The molecule has 0 aliphatic heterocycles. The van der Waals surface area contributed by atoms with Crippen LogP contribution in [0.15, 0.2) is 48.5 Å². The molecule has 2 aromatic carbocycles. The topological polar surface area (TPSA) is 56.2 Å². The number of fused-ring (bicyclic) bond motifs is 3. The first-order chi connectivity index (χ1) is 9.33. The molecule has 0 unspecified atom stereocenters. The molecule has 2 aromatic heterocycles. The van der Waals surface area contributed by atoms with E-state index in [0.717, 1.165) is 27.6 Å². The fourth-order valence-corrected chi connectivity index (χ4v) is 3.21. The van der Waals surface area contributed by atoms with Gasteiger partial charge in [0.1, 0.15) is 0 Å². The van der Waals surface area contributed by atoms with Crippen molar-refractivity contribution in [2.24, 2.45) is 0 Å². The van der Waals surface area contributed by atoms with E-state index in [0.29, 0.717) is 0 Å². The van der Waals surface area contributed by atoms with Gasteiger partial charge in [0.05, 0.1) is 10.2 Å². The quantitative estimate of drug-likeness (QED) is 0.538. The molecule has 0 aliphatic carbocycles. The van der Waals surface area contributed by atoms with Crippen LogP contribution in [0, 0.1) is 0 Å². The molecule has 2 N–H and O–H groups in total. The molecule has 0 aliphatic rings. The molecular weight excluding hydrogens is 256 g/mol. The number of nitrogen functional groups attached to an aromatic ring is 1. The minimum atomic E-state index is 0.730. The number of nitrogens with two attached hydrogens (primary N) is 1. The predicted molar refractivity (Wildman–Crippen MR) is 78.2 cm³/mol. The number of rotatable bonds is 1. The third kappa shape index (κ3) is 1.52. The van der Waals surface area contributed by atoms with E-state index in [1.807, 2.05) is 36.4 Å². The van der Waals surface area contributed by atoms with Gasteiger partial charge in [-0.05, 0) is 24.3 Å². The first-order valence-corrected chi connectivity index (χ1v) is 6.73. The first kappa shape index (κ1) is 10.5. The molecule has 0 amide bonds. The lowest BCUT2D eigenvalue weighted by Crippen LogP contribution is -1.90. The highest BCUT2D eigenvalue weighted by molar-refractivity contribution is 7.23. The number of thiazole rings is 1. The van der Waals surface area contributed by atoms with Crippen LogP contribution in [0.4, 0.5) is 5.69 Å². The van der Waals surface area contributed by atoms with Crippen molar-refractivity contribution in [1.29, 1.82) is 0 Å². The summed E-state index contributed by atoms with van der Waals surface area (Å²) in [6.07, 6.45) is 0. The van der Waals surface area contributed by atoms with Gasteiger partial charge in [-0.25, -0.2) is 0 Å². The molecule has 0 bridgehead atoms. The van der Waals surface area contributed by atoms with Crippen molar-refractivity contribution in [3.8, 4) is 11.4 Å². The SMILES string of the molecule is Nc1cccc(-c2nnc3sc4ccccc4n23)c1. The summed E-state index contributed by atoms with van der Waals surface area (Å²) >= 11 is 1.64. The largest absolute Gasteiger partial charge is 0.399 e. The van der Waals surface area contributed by atoms with Gasteiger partial charge in [-0.2, -0.15) is 0 Å². The second-order valence-electron chi connectivity index (χ2n) is 4.34. The normalized spacial score (nSPS) is 11.4. The summed E-state index contributed by atoms with van der Waals surface area (Å²) in [7, 11) is 0. The van der Waals surface area contributed by atoms with Gasteiger partial charge >= 0.3 is 0 Å². The summed E-state index contributed by atoms with van der Waals surface area (Å²) in [5.74, 6) is 0.833. The van der Waals surface area contributed by atoms with E-state index in [9.17, 15) is 0 Å². The number of anilines is 1. The van der Waals surface area contributed by atoms with Gasteiger partial charge in [-0.3, -0.25) is 4.40 Å². The number of aromatic nitrogens is 3. The first-order valence-electron chi connectivity index (χ1n) is 5.91. The Morgan fingerprint density at radius 3 is 2.79 bits per heavy atom. The molecule has 5 heteroatoms. The molecule has 0 spiro atoms. The van der Waals surface area contributed by atoms with Crippen molar-refractivity contribution in [2.45, 2.75) is 0 Å². The van der Waals surface area contributed by atoms with Crippen LogP contribution in [0.1, 0.15) is 0 Å². The maximum absolute atomic E-state index is 5.84. The summed E-state index contributed by atoms with van der Waals surface area (Å²) in [4.78, 5) is 0.902. The van der Waals surface area contributed by atoms with Crippen LogP contribution in [0.5, 0.6) is 0 Å². The minimum Gasteiger partial charge on any atom is -0.399 e. The molecule has 0 fully saturated rings. The molecule has 4 nitrogen and oxygen atoms in total. The van der Waals surface area contributed by atoms with Gasteiger partial charge < -0.3 is 5.73 Å². The van der Waals surface area contributed by atoms with E-state index in [-0.39, 0.29) is 0 Å². The number of nitrogens with zero attached hydrogens (tertiary/aromatic N) is 3. The van der Waals surface area contributed by atoms with Crippen molar-refractivity contribution in [1.82, 2.24) is 14.6 Å². The molecule has 0 radical (unpaired) electrons. The van der Waals surface area contributed by atoms with Crippen LogP contribution in [-0.2, 0) is 0 Å². The van der Waals surface area contributed by atoms with Crippen LogP contribution in [0.3, 0.4) is 0 Å². The van der Waals surface area contributed by atoms with E-state index in [2.05, 4.69) is 26.7 Å². The molecular formula is C14H10N4S. The molecule has 2 heterocycles. The van der Waals surface area contributed by atoms with Crippen LogP contribution in [0.25, 0.3) is 26.6 Å². The number of benzene rings is 2. The molecule has 92 valence electrons. The highest BCUT2D eigenvalue weighted by Gasteiger charge is 2.13. The molecule has 4 rings (SSSR count). The summed E-state index contributed by atoms with van der Waals surface area (Å²) in [6, 6.07) is 16.0. The second-order valence-corrected chi connectivity index (χ2v) is 5.35. The molecule has 19 heavy (non-hydrogen) atoms. The van der Waals surface area contributed by atoms with Gasteiger partial charge in [0.15, 0.2) is 5.82 Å². The highest BCUT2D eigenvalue weighted by atomic mass is 32.1. The van der Waals surface area contributed by atoms with Crippen molar-refractivity contribution >= 4 is 32.2 Å². The lowest BCUT2D eigenvalue weighted by Gasteiger charge is -2.00. The molecule has 0 saturated heterocycles. The van der Waals surface area contributed by atoms with Crippen LogP contribution in [0.2, 0.25) is 0 Å². The second kappa shape index (κ2) is 3.80. The summed E-state index contributed by atoms with van der Waals surface area (Å²) in [5.41, 5.74) is 8.68. The van der Waals surface area contributed by atoms with Gasteiger partial charge in [0.25, 0.3) is 0 Å². The zero-order valence-corrected chi connectivity index (χ0v) is 10.8. The Morgan fingerprint density at radius 1 is 1.00 bits per heavy atom. The van der Waals surface area contributed by atoms with Crippen molar-refractivity contribution in [3.05, 3.63) is 48.5 Å². The third-order valence-electron chi connectivity index (χ3n) is 3.09. The monoisotopic (exact) mass is 266 g/mol. The average Bonchev–Trinajstić information content (AvgIpc) is 2.97. The Balaban J connectivity index is 2.10. The molecule has 0 atom stereocenters. The van der Waals surface area contributed by atoms with Crippen molar-refractivity contribution in [3.63, 3.8) is 0 Å². The van der Waals surface area contributed by atoms with Crippen LogP contribution in [-0.4, -0.2) is 14.6 Å². The fraction of sp³-hybridized carbons (Fsp3) is 0. The van der Waals surface area contributed by atoms with E-state index >= 15 is 0 Å². The van der Waals surface area contributed by atoms with E-state index < -0.39 is 0 Å². The van der Waals surface area contributed by atoms with Crippen LogP contribution < -0.4 is 5.73 Å². The van der Waals surface area contributed by atoms with Gasteiger partial charge in [-0.1, -0.05) is 35.6 Å². The van der Waals surface area contributed by atoms with Crippen LogP contribution >= 0.6 is 11.3 Å². The van der Waals surface area contributed by atoms with Crippen molar-refractivity contribution < 1.29 is 0 Å². The Morgan fingerprint density at radius 2 is 1.89 bits per heavy atom. The Hall–Kier alpha value is -2.40. The number of para-hydroxylation sites is 1. The maximum Gasteiger partial charge on any atom is 0.217 e. The lowest BCUT2D eigenvalue weighted by atomic mass is 10.2. The molecule has 4 aromatic rings. The summed E-state index contributed by atoms with van der Waals surface area (Å²) < 4.78 is 3.28. The minimum absolute atomic E-state index is 0.730. The zero-order valence-electron chi connectivity index (χ0n) is 9.95. The predicted octanol–water partition coefficient (Wildman–Crippen LogP) is 3.19. The Bertz CT molecular complexity index is 891. The Kier molecular flexibility index (Phi) is 2.10. The number of hydrogen-bond donors (Lipinski definition) is 1. The maximum atomic E-state index is 5.84. The highest BCUT2D eigenvalue weighted by Crippen LogP contribution is 2.30. The number of hydrogen-bond acceptors (Lipinski definition) is 4. The van der Waals surface area contributed by atoms with E-state index in [4.69, 9.17) is 5.73 Å². The summed E-state index contributed by atoms with van der Waals surface area (Å²) in [5, 5.41) is 8.54. The van der Waals surface area contributed by atoms with E-state index in [1.165, 1.54) is 4.70 Å².